The Labute approximate surface area is 193 Å². The maximum Gasteiger partial charge on any atom is 0.417 e. The molecule has 5 rings (SSSR count). The van der Waals surface area contributed by atoms with Crippen LogP contribution >= 0.6 is 0 Å². The number of halogens is 4. The monoisotopic (exact) mass is 475 g/mol. The van der Waals surface area contributed by atoms with Crippen molar-refractivity contribution in [1.29, 1.82) is 0 Å². The second-order valence-electron chi connectivity index (χ2n) is 11.0. The van der Waals surface area contributed by atoms with E-state index in [0.29, 0.717) is 44.9 Å². The molecule has 6 nitrogen and oxygen atoms in total. The lowest BCUT2D eigenvalue weighted by Gasteiger charge is -2.45. The topological polar surface area (TPSA) is 59.6 Å². The number of hydrogen-bond donors (Lipinski definition) is 3. The smallest absolute Gasteiger partial charge is 0.352 e. The zero-order valence-electron chi connectivity index (χ0n) is 19.3. The molecular formula is C23H37F4N5O. The van der Waals surface area contributed by atoms with Crippen LogP contribution in [0.4, 0.5) is 17.6 Å². The molecule has 5 aliphatic rings. The number of alkyl halides is 4. The number of hydrogen-bond acceptors (Lipinski definition) is 5. The van der Waals surface area contributed by atoms with E-state index < -0.39 is 18.5 Å². The van der Waals surface area contributed by atoms with Crippen molar-refractivity contribution in [1.82, 2.24) is 25.8 Å². The van der Waals surface area contributed by atoms with Gasteiger partial charge in [-0.2, -0.15) is 13.2 Å². The van der Waals surface area contributed by atoms with E-state index in [2.05, 4.69) is 27.8 Å². The lowest BCUT2D eigenvalue weighted by Crippen LogP contribution is -2.60. The summed E-state index contributed by atoms with van der Waals surface area (Å²) < 4.78 is 54.1. The number of piperazine rings is 1. The molecule has 9 atom stereocenters. The Kier molecular flexibility index (Phi) is 6.65. The second-order valence-corrected chi connectivity index (χ2v) is 11.0. The number of carbonyl (C=O) groups is 1. The van der Waals surface area contributed by atoms with Gasteiger partial charge in [-0.3, -0.25) is 19.9 Å². The maximum atomic E-state index is 14.4. The molecule has 3 saturated heterocycles. The third-order valence-corrected chi connectivity index (χ3v) is 8.91. The van der Waals surface area contributed by atoms with Crippen LogP contribution in [0.2, 0.25) is 0 Å². The zero-order chi connectivity index (χ0) is 23.3. The molecule has 2 saturated carbocycles. The summed E-state index contributed by atoms with van der Waals surface area (Å²) in [5, 5.41) is 9.27. The van der Waals surface area contributed by atoms with Crippen molar-refractivity contribution in [3.63, 3.8) is 0 Å². The van der Waals surface area contributed by atoms with Crippen molar-refractivity contribution in [2.45, 2.75) is 101 Å². The van der Waals surface area contributed by atoms with Crippen LogP contribution in [-0.4, -0.2) is 90.6 Å². The van der Waals surface area contributed by atoms with E-state index in [4.69, 9.17) is 0 Å². The molecule has 5 fully saturated rings. The summed E-state index contributed by atoms with van der Waals surface area (Å²) in [7, 11) is 0. The van der Waals surface area contributed by atoms with Gasteiger partial charge in [0.25, 0.3) is 0 Å². The number of rotatable bonds is 3. The molecular weight excluding hydrogens is 438 g/mol. The number of carbonyl (C=O) groups excluding carboxylic acids is 1. The molecule has 0 aromatic rings. The first-order chi connectivity index (χ1) is 15.7. The van der Waals surface area contributed by atoms with Crippen LogP contribution in [0.3, 0.4) is 0 Å². The van der Waals surface area contributed by atoms with Gasteiger partial charge in [0.15, 0.2) is 6.17 Å². The quantitative estimate of drug-likeness (QED) is 0.546. The van der Waals surface area contributed by atoms with Crippen molar-refractivity contribution in [3.8, 4) is 0 Å². The Morgan fingerprint density at radius 1 is 1.06 bits per heavy atom. The summed E-state index contributed by atoms with van der Waals surface area (Å²) in [4.78, 5) is 16.9. The first-order valence-electron chi connectivity index (χ1n) is 12.7. The molecule has 3 heterocycles. The van der Waals surface area contributed by atoms with E-state index >= 15 is 0 Å². The van der Waals surface area contributed by atoms with E-state index in [1.807, 2.05) is 0 Å². The van der Waals surface area contributed by atoms with E-state index in [-0.39, 0.29) is 42.0 Å². The number of nitrogens with zero attached hydrogens (tertiary/aromatic N) is 2. The standard InChI is InChI=1S/C23H37F4N5O/c1-13-5-6-18(24)17-10-19(30-20(13)17)21(33)29-14-3-2-4-15(9-14)31-7-8-32-16(12-31)11-28-22(32)23(25,26)27/h13-20,22,28,30H,2-12H2,1H3,(H,29,33)/t13?,14-,15-,16?,17?,18?,19?,20?,22?/m1/s1. The van der Waals surface area contributed by atoms with E-state index in [1.54, 1.807) is 4.90 Å². The fourth-order valence-corrected chi connectivity index (χ4v) is 7.14. The lowest BCUT2D eigenvalue weighted by molar-refractivity contribution is -0.188. The van der Waals surface area contributed by atoms with Crippen LogP contribution < -0.4 is 16.0 Å². The maximum absolute atomic E-state index is 14.4. The first-order valence-corrected chi connectivity index (χ1v) is 12.7. The summed E-state index contributed by atoms with van der Waals surface area (Å²) in [5.74, 6) is 0.298. The average Bonchev–Trinajstić information content (AvgIpc) is 3.41. The molecule has 0 spiro atoms. The zero-order valence-corrected chi connectivity index (χ0v) is 19.3. The minimum atomic E-state index is -4.25. The van der Waals surface area contributed by atoms with E-state index in [1.165, 1.54) is 0 Å². The molecule has 10 heteroatoms. The Morgan fingerprint density at radius 2 is 1.88 bits per heavy atom. The highest BCUT2D eigenvalue weighted by Gasteiger charge is 2.51. The summed E-state index contributed by atoms with van der Waals surface area (Å²) in [6, 6.07) is -0.0125. The van der Waals surface area contributed by atoms with Gasteiger partial charge < -0.3 is 10.6 Å². The highest BCUT2D eigenvalue weighted by molar-refractivity contribution is 5.82. The first kappa shape index (κ1) is 23.8. The predicted molar refractivity (Wildman–Crippen MR) is 116 cm³/mol. The van der Waals surface area contributed by atoms with Gasteiger partial charge in [-0.05, 0) is 50.9 Å². The van der Waals surface area contributed by atoms with Crippen LogP contribution in [0.25, 0.3) is 0 Å². The van der Waals surface area contributed by atoms with Gasteiger partial charge in [0.2, 0.25) is 5.91 Å². The van der Waals surface area contributed by atoms with E-state index in [0.717, 1.165) is 32.1 Å². The van der Waals surface area contributed by atoms with Crippen LogP contribution in [-0.2, 0) is 4.79 Å². The summed E-state index contributed by atoms with van der Waals surface area (Å²) in [6.45, 7) is 4.16. The van der Waals surface area contributed by atoms with Gasteiger partial charge >= 0.3 is 6.18 Å². The number of nitrogens with one attached hydrogen (secondary N) is 3. The molecule has 7 unspecified atom stereocenters. The molecule has 3 N–H and O–H groups in total. The second kappa shape index (κ2) is 9.24. The summed E-state index contributed by atoms with van der Waals surface area (Å²) >= 11 is 0. The molecule has 3 aliphatic heterocycles. The Bertz CT molecular complexity index is 705. The third kappa shape index (κ3) is 4.77. The van der Waals surface area contributed by atoms with Crippen LogP contribution in [0.15, 0.2) is 0 Å². The largest absolute Gasteiger partial charge is 0.417 e. The van der Waals surface area contributed by atoms with Crippen molar-refractivity contribution in [3.05, 3.63) is 0 Å². The summed E-state index contributed by atoms with van der Waals surface area (Å²) in [5.41, 5.74) is 0. The van der Waals surface area contributed by atoms with Gasteiger partial charge in [0.1, 0.15) is 6.17 Å². The molecule has 2 aliphatic carbocycles. The van der Waals surface area contributed by atoms with Gasteiger partial charge in [-0.25, -0.2) is 4.39 Å². The SMILES string of the molecule is CC1CCC(F)C2CC(C(=O)N[C@@H]3CCC[C@@H](N4CCN5C(CNC5C(F)(F)F)C4)C3)NC12. The van der Waals surface area contributed by atoms with Crippen molar-refractivity contribution in [2.75, 3.05) is 26.2 Å². The highest BCUT2D eigenvalue weighted by Crippen LogP contribution is 2.39. The summed E-state index contributed by atoms with van der Waals surface area (Å²) in [6.07, 6.45) is -0.816. The molecule has 0 bridgehead atoms. The van der Waals surface area contributed by atoms with Gasteiger partial charge in [-0.1, -0.05) is 6.92 Å². The predicted octanol–water partition coefficient (Wildman–Crippen LogP) is 2.01. The van der Waals surface area contributed by atoms with Crippen LogP contribution in [0.5, 0.6) is 0 Å². The number of amides is 1. The van der Waals surface area contributed by atoms with Gasteiger partial charge in [0.05, 0.1) is 6.04 Å². The minimum absolute atomic E-state index is 0.0210. The van der Waals surface area contributed by atoms with Crippen molar-refractivity contribution < 1.29 is 22.4 Å². The third-order valence-electron chi connectivity index (χ3n) is 8.91. The molecule has 0 aromatic carbocycles. The average molecular weight is 476 g/mol. The van der Waals surface area contributed by atoms with E-state index in [9.17, 15) is 22.4 Å². The molecule has 188 valence electrons. The van der Waals surface area contributed by atoms with Gasteiger partial charge in [-0.15, -0.1) is 0 Å². The Balaban J connectivity index is 1.13. The number of fused-ring (bicyclic) bond motifs is 2. The van der Waals surface area contributed by atoms with Crippen LogP contribution in [0.1, 0.15) is 51.9 Å². The fraction of sp³-hybridized carbons (Fsp3) is 0.957. The molecule has 33 heavy (non-hydrogen) atoms. The Morgan fingerprint density at radius 3 is 2.64 bits per heavy atom. The van der Waals surface area contributed by atoms with Crippen molar-refractivity contribution in [2.24, 2.45) is 11.8 Å². The molecule has 0 radical (unpaired) electrons. The normalized spacial score (nSPS) is 44.9. The Hall–Kier alpha value is -0.970. The minimum Gasteiger partial charge on any atom is -0.352 e. The lowest BCUT2D eigenvalue weighted by atomic mass is 9.77. The molecule has 1 amide bonds. The van der Waals surface area contributed by atoms with Crippen LogP contribution in [0, 0.1) is 11.8 Å². The van der Waals surface area contributed by atoms with Gasteiger partial charge in [0, 0.05) is 56.3 Å². The fourth-order valence-electron chi connectivity index (χ4n) is 7.14. The molecule has 0 aromatic heterocycles. The highest BCUT2D eigenvalue weighted by atomic mass is 19.4. The van der Waals surface area contributed by atoms with Crippen molar-refractivity contribution >= 4 is 5.91 Å².